The number of carbonyl (C=O) groups excluding carboxylic acids is 1. The van der Waals surface area contributed by atoms with E-state index in [0.29, 0.717) is 22.3 Å². The lowest BCUT2D eigenvalue weighted by molar-refractivity contribution is -0.274. The van der Waals surface area contributed by atoms with E-state index in [1.54, 1.807) is 4.68 Å². The highest BCUT2D eigenvalue weighted by Gasteiger charge is 2.31. The summed E-state index contributed by atoms with van der Waals surface area (Å²) >= 11 is 1.33. The number of thioether (sulfide) groups is 1. The number of rotatable bonds is 7. The topological polar surface area (TPSA) is 94.8 Å². The monoisotopic (exact) mass is 500 g/mol. The van der Waals surface area contributed by atoms with Crippen LogP contribution in [0.1, 0.15) is 27.6 Å². The molecule has 0 fully saturated rings. The van der Waals surface area contributed by atoms with Crippen LogP contribution in [-0.2, 0) is 5.75 Å². The minimum atomic E-state index is -4.80. The van der Waals surface area contributed by atoms with Crippen LogP contribution >= 0.6 is 11.8 Å². The van der Waals surface area contributed by atoms with Gasteiger partial charge >= 0.3 is 6.36 Å². The number of ether oxygens (including phenoxy) is 1. The fraction of sp³-hybridized carbons (Fsp3) is 0.174. The fourth-order valence-corrected chi connectivity index (χ4v) is 4.15. The molecule has 0 unspecified atom stereocenters. The molecule has 2 aromatic carbocycles. The quantitative estimate of drug-likeness (QED) is 0.278. The van der Waals surface area contributed by atoms with Gasteiger partial charge in [-0.15, -0.1) is 18.3 Å². The van der Waals surface area contributed by atoms with Crippen molar-refractivity contribution in [3.8, 4) is 11.4 Å². The predicted molar refractivity (Wildman–Crippen MR) is 124 cm³/mol. The molecule has 0 aliphatic carbocycles. The van der Waals surface area contributed by atoms with Gasteiger partial charge < -0.3 is 10.1 Å². The third kappa shape index (κ3) is 6.35. The largest absolute Gasteiger partial charge is 0.573 e. The van der Waals surface area contributed by atoms with Gasteiger partial charge in [-0.1, -0.05) is 35.2 Å². The summed E-state index contributed by atoms with van der Waals surface area (Å²) in [7, 11) is 0. The van der Waals surface area contributed by atoms with Gasteiger partial charge in [-0.2, -0.15) is 0 Å². The smallest absolute Gasteiger partial charge is 0.406 e. The molecule has 12 heteroatoms. The maximum absolute atomic E-state index is 13.0. The standard InChI is InChI=1S/C23H19F3N6O2S/c1-14-12-15(2)28-22(27-14)35-13-19-20(30-31-32(19)17-6-4-3-5-7-17)21(33)29-16-8-10-18(11-9-16)34-23(24,25)26/h3-12H,13H2,1-2H3,(H,29,33). The summed E-state index contributed by atoms with van der Waals surface area (Å²) in [6, 6.07) is 15.9. The van der Waals surface area contributed by atoms with E-state index in [1.807, 2.05) is 50.2 Å². The maximum Gasteiger partial charge on any atom is 0.573 e. The summed E-state index contributed by atoms with van der Waals surface area (Å²) in [6.07, 6.45) is -4.80. The van der Waals surface area contributed by atoms with E-state index >= 15 is 0 Å². The maximum atomic E-state index is 13.0. The number of aromatic nitrogens is 5. The van der Waals surface area contributed by atoms with Crippen LogP contribution in [0.25, 0.3) is 5.69 Å². The molecular weight excluding hydrogens is 481 g/mol. The molecule has 2 aromatic heterocycles. The Morgan fingerprint density at radius 1 is 1.03 bits per heavy atom. The molecular formula is C23H19F3N6O2S. The van der Waals surface area contributed by atoms with Crippen molar-refractivity contribution >= 4 is 23.4 Å². The van der Waals surface area contributed by atoms with E-state index in [1.165, 1.54) is 23.9 Å². The number of hydrogen-bond acceptors (Lipinski definition) is 7. The number of para-hydroxylation sites is 1. The molecule has 0 radical (unpaired) electrons. The first-order valence-electron chi connectivity index (χ1n) is 10.3. The average Bonchev–Trinajstić information content (AvgIpc) is 3.22. The van der Waals surface area contributed by atoms with Crippen LogP contribution in [0.3, 0.4) is 0 Å². The number of benzene rings is 2. The normalized spacial score (nSPS) is 11.3. The molecule has 4 rings (SSSR count). The lowest BCUT2D eigenvalue weighted by Gasteiger charge is -2.10. The molecule has 35 heavy (non-hydrogen) atoms. The fourth-order valence-electron chi connectivity index (χ4n) is 3.21. The first-order chi connectivity index (χ1) is 16.7. The van der Waals surface area contributed by atoms with Crippen LogP contribution in [0.15, 0.2) is 65.8 Å². The van der Waals surface area contributed by atoms with Crippen LogP contribution in [0.2, 0.25) is 0 Å². The van der Waals surface area contributed by atoms with Gasteiger partial charge in [-0.05, 0) is 56.3 Å². The lowest BCUT2D eigenvalue weighted by Crippen LogP contribution is -2.17. The predicted octanol–water partition coefficient (Wildman–Crippen LogP) is 5.12. The molecule has 1 N–H and O–H groups in total. The van der Waals surface area contributed by atoms with Gasteiger partial charge in [0, 0.05) is 22.8 Å². The van der Waals surface area contributed by atoms with Crippen LogP contribution in [0, 0.1) is 13.8 Å². The summed E-state index contributed by atoms with van der Waals surface area (Å²) in [6.45, 7) is 3.75. The zero-order valence-electron chi connectivity index (χ0n) is 18.6. The van der Waals surface area contributed by atoms with E-state index in [-0.39, 0.29) is 11.4 Å². The Balaban J connectivity index is 1.59. The highest BCUT2D eigenvalue weighted by atomic mass is 32.2. The Bertz CT molecular complexity index is 1310. The van der Waals surface area contributed by atoms with Crippen molar-refractivity contribution < 1.29 is 22.7 Å². The van der Waals surface area contributed by atoms with Gasteiger partial charge in [-0.3, -0.25) is 4.79 Å². The third-order valence-electron chi connectivity index (χ3n) is 4.62. The van der Waals surface area contributed by atoms with Crippen molar-refractivity contribution in [2.45, 2.75) is 31.1 Å². The second kappa shape index (κ2) is 10.1. The number of anilines is 1. The number of alkyl halides is 3. The molecule has 1 amide bonds. The lowest BCUT2D eigenvalue weighted by atomic mass is 10.2. The molecule has 0 saturated heterocycles. The van der Waals surface area contributed by atoms with Crippen LogP contribution in [0.5, 0.6) is 5.75 Å². The van der Waals surface area contributed by atoms with Gasteiger partial charge in [0.2, 0.25) is 0 Å². The van der Waals surface area contributed by atoms with Gasteiger partial charge in [0.1, 0.15) is 5.75 Å². The zero-order valence-corrected chi connectivity index (χ0v) is 19.4. The third-order valence-corrected chi connectivity index (χ3v) is 5.48. The Kier molecular flexibility index (Phi) is 7.01. The Labute approximate surface area is 202 Å². The highest BCUT2D eigenvalue weighted by molar-refractivity contribution is 7.98. The van der Waals surface area contributed by atoms with Crippen molar-refractivity contribution in [2.24, 2.45) is 0 Å². The molecule has 0 spiro atoms. The Morgan fingerprint density at radius 3 is 2.31 bits per heavy atom. The van der Waals surface area contributed by atoms with Gasteiger partial charge in [0.05, 0.1) is 11.4 Å². The summed E-state index contributed by atoms with van der Waals surface area (Å²) in [5, 5.41) is 11.4. The van der Waals surface area contributed by atoms with Crippen molar-refractivity contribution in [3.63, 3.8) is 0 Å². The Morgan fingerprint density at radius 2 is 1.69 bits per heavy atom. The van der Waals surface area contributed by atoms with Gasteiger partial charge in [0.15, 0.2) is 10.9 Å². The van der Waals surface area contributed by atoms with Crippen molar-refractivity contribution in [3.05, 3.63) is 83.4 Å². The van der Waals surface area contributed by atoms with Crippen molar-refractivity contribution in [1.82, 2.24) is 25.0 Å². The first-order valence-corrected chi connectivity index (χ1v) is 11.3. The number of nitrogens with zero attached hydrogens (tertiary/aromatic N) is 5. The van der Waals surface area contributed by atoms with Crippen LogP contribution in [-0.4, -0.2) is 37.2 Å². The number of nitrogens with one attached hydrogen (secondary N) is 1. The zero-order chi connectivity index (χ0) is 25.0. The van der Waals surface area contributed by atoms with E-state index in [9.17, 15) is 18.0 Å². The number of hydrogen-bond donors (Lipinski definition) is 1. The molecule has 0 atom stereocenters. The number of amides is 1. The molecule has 2 heterocycles. The minimum Gasteiger partial charge on any atom is -0.406 e. The Hall–Kier alpha value is -3.93. The molecule has 0 aliphatic rings. The van der Waals surface area contributed by atoms with Crippen molar-refractivity contribution in [1.29, 1.82) is 0 Å². The summed E-state index contributed by atoms with van der Waals surface area (Å²) in [5.74, 6) is -0.656. The van der Waals surface area contributed by atoms with E-state index in [4.69, 9.17) is 0 Å². The molecule has 180 valence electrons. The van der Waals surface area contributed by atoms with Crippen molar-refractivity contribution in [2.75, 3.05) is 5.32 Å². The molecule has 0 saturated carbocycles. The van der Waals surface area contributed by atoms with E-state index < -0.39 is 18.0 Å². The molecule has 0 aliphatic heterocycles. The highest BCUT2D eigenvalue weighted by Crippen LogP contribution is 2.26. The summed E-state index contributed by atoms with van der Waals surface area (Å²) in [5.41, 5.74) is 3.22. The SMILES string of the molecule is Cc1cc(C)nc(SCc2c(C(=O)Nc3ccc(OC(F)(F)F)cc3)nnn2-c2ccccc2)n1. The molecule has 8 nitrogen and oxygen atoms in total. The number of carbonyl (C=O) groups is 1. The van der Waals surface area contributed by atoms with Crippen LogP contribution < -0.4 is 10.1 Å². The summed E-state index contributed by atoms with van der Waals surface area (Å²) < 4.78 is 42.6. The second-order valence-electron chi connectivity index (χ2n) is 7.38. The van der Waals surface area contributed by atoms with E-state index in [2.05, 4.69) is 30.3 Å². The summed E-state index contributed by atoms with van der Waals surface area (Å²) in [4.78, 5) is 21.9. The minimum absolute atomic E-state index is 0.0707. The molecule has 4 aromatic rings. The van der Waals surface area contributed by atoms with Crippen LogP contribution in [0.4, 0.5) is 18.9 Å². The van der Waals surface area contributed by atoms with Gasteiger partial charge in [0.25, 0.3) is 5.91 Å². The number of aryl methyl sites for hydroxylation is 2. The van der Waals surface area contributed by atoms with E-state index in [0.717, 1.165) is 23.5 Å². The average molecular weight is 501 g/mol. The second-order valence-corrected chi connectivity index (χ2v) is 8.32. The molecule has 0 bridgehead atoms. The van der Waals surface area contributed by atoms with Gasteiger partial charge in [-0.25, -0.2) is 14.6 Å². The first kappa shape index (κ1) is 24.2. The number of halogens is 3.